The lowest BCUT2D eigenvalue weighted by atomic mass is 9.87. The number of hydrogen-bond donors (Lipinski definition) is 3. The Morgan fingerprint density at radius 1 is 0.841 bits per heavy atom. The first kappa shape index (κ1) is 32.1. The third-order valence-corrected chi connectivity index (χ3v) is 8.11. The summed E-state index contributed by atoms with van der Waals surface area (Å²) in [4.78, 5) is 0. The Hall–Kier alpha value is -3.30. The molecule has 0 aromatic heterocycles. The first-order chi connectivity index (χ1) is 21.6. The molecule has 5 rings (SSSR count). The number of nitrogens with one attached hydrogen (secondary N) is 1. The van der Waals surface area contributed by atoms with Crippen molar-refractivity contribution < 1.29 is 29.2 Å². The van der Waals surface area contributed by atoms with Crippen LogP contribution in [0.2, 0.25) is 0 Å². The Balaban J connectivity index is 1.11. The topological polar surface area (TPSA) is 89.4 Å². The van der Waals surface area contributed by atoms with Crippen molar-refractivity contribution in [3.8, 4) is 5.75 Å². The van der Waals surface area contributed by atoms with Gasteiger partial charge in [0.25, 0.3) is 0 Å². The molecule has 1 saturated heterocycles. The summed E-state index contributed by atoms with van der Waals surface area (Å²) in [5.41, 5.74) is 4.64. The van der Waals surface area contributed by atoms with Crippen LogP contribution in [0.25, 0.3) is 10.8 Å². The summed E-state index contributed by atoms with van der Waals surface area (Å²) in [6, 6.07) is 31.4. The van der Waals surface area contributed by atoms with Gasteiger partial charge in [-0.3, -0.25) is 0 Å². The molecular weight excluding hydrogens is 554 g/mol. The van der Waals surface area contributed by atoms with Crippen molar-refractivity contribution in [1.29, 1.82) is 0 Å². The molecule has 0 radical (unpaired) electrons. The average Bonchev–Trinajstić information content (AvgIpc) is 3.07. The van der Waals surface area contributed by atoms with Crippen LogP contribution in [0.5, 0.6) is 5.75 Å². The minimum atomic E-state index is -0.849. The van der Waals surface area contributed by atoms with E-state index in [1.165, 1.54) is 11.1 Å². The second-order valence-corrected chi connectivity index (χ2v) is 11.5. The van der Waals surface area contributed by atoms with Gasteiger partial charge in [0.15, 0.2) is 0 Å². The number of rotatable bonds is 16. The summed E-state index contributed by atoms with van der Waals surface area (Å²) in [5, 5.41) is 24.2. The molecule has 7 nitrogen and oxygen atoms in total. The summed E-state index contributed by atoms with van der Waals surface area (Å²) in [6.07, 6.45) is 1.03. The van der Waals surface area contributed by atoms with E-state index in [0.29, 0.717) is 32.3 Å². The normalized spacial score (nSPS) is 18.2. The fraction of sp³-hybridized carbons (Fsp3) is 0.405. The van der Waals surface area contributed by atoms with E-state index < -0.39 is 6.10 Å². The van der Waals surface area contributed by atoms with Crippen LogP contribution in [0.15, 0.2) is 91.0 Å². The Morgan fingerprint density at radius 2 is 1.61 bits per heavy atom. The van der Waals surface area contributed by atoms with Gasteiger partial charge in [-0.1, -0.05) is 66.7 Å². The average molecular weight is 600 g/mol. The molecule has 4 atom stereocenters. The monoisotopic (exact) mass is 599 g/mol. The number of benzene rings is 4. The maximum Gasteiger partial charge on any atom is 0.119 e. The minimum Gasteiger partial charge on any atom is -0.494 e. The third kappa shape index (κ3) is 9.35. The van der Waals surface area contributed by atoms with Gasteiger partial charge in [0.05, 0.1) is 51.8 Å². The molecule has 1 unspecified atom stereocenters. The first-order valence-electron chi connectivity index (χ1n) is 15.7. The van der Waals surface area contributed by atoms with Gasteiger partial charge in [-0.15, -0.1) is 0 Å². The molecule has 0 saturated carbocycles. The van der Waals surface area contributed by atoms with Crippen molar-refractivity contribution in [2.45, 2.75) is 57.2 Å². The second kappa shape index (κ2) is 16.7. The van der Waals surface area contributed by atoms with Gasteiger partial charge < -0.3 is 34.5 Å². The van der Waals surface area contributed by atoms with E-state index in [1.807, 2.05) is 24.3 Å². The summed E-state index contributed by atoms with van der Waals surface area (Å²) < 4.78 is 24.0. The van der Waals surface area contributed by atoms with E-state index in [9.17, 15) is 5.11 Å². The quantitative estimate of drug-likeness (QED) is 0.138. The molecule has 0 amide bonds. The first-order valence-corrected chi connectivity index (χ1v) is 15.7. The van der Waals surface area contributed by atoms with Crippen LogP contribution in [0.3, 0.4) is 0 Å². The zero-order valence-corrected chi connectivity index (χ0v) is 25.6. The maximum absolute atomic E-state index is 9.48. The number of hydrogen-bond acceptors (Lipinski definition) is 7. The highest BCUT2D eigenvalue weighted by molar-refractivity contribution is 5.83. The summed E-state index contributed by atoms with van der Waals surface area (Å²) >= 11 is 0. The lowest BCUT2D eigenvalue weighted by Gasteiger charge is -2.34. The summed E-state index contributed by atoms with van der Waals surface area (Å²) in [6.45, 7) is 6.05. The Kier molecular flexibility index (Phi) is 12.2. The lowest BCUT2D eigenvalue weighted by molar-refractivity contribution is -0.0271. The number of ether oxygens (including phenoxy) is 4. The molecule has 0 aliphatic carbocycles. The van der Waals surface area contributed by atoms with Gasteiger partial charge in [-0.2, -0.15) is 0 Å². The minimum absolute atomic E-state index is 0.0542. The van der Waals surface area contributed by atoms with Crippen LogP contribution in [-0.4, -0.2) is 61.9 Å². The molecule has 1 aliphatic heterocycles. The molecule has 7 heteroatoms. The SMILES string of the molecule is CC(O[C@H]1CNCC[C@@H]1c1ccc(OCCCOCc2ccccc2)cc1)c1ccc2cc(COC[C@@H](O)CO)ccc2c1. The molecule has 1 aliphatic rings. The number of piperidine rings is 1. The van der Waals surface area contributed by atoms with Gasteiger partial charge in [-0.05, 0) is 77.2 Å². The molecule has 0 bridgehead atoms. The zero-order chi connectivity index (χ0) is 30.6. The third-order valence-electron chi connectivity index (χ3n) is 8.11. The van der Waals surface area contributed by atoms with Crippen LogP contribution in [0.1, 0.15) is 54.0 Å². The van der Waals surface area contributed by atoms with Crippen molar-refractivity contribution in [3.05, 3.63) is 113 Å². The molecule has 1 heterocycles. The van der Waals surface area contributed by atoms with Crippen molar-refractivity contribution in [3.63, 3.8) is 0 Å². The smallest absolute Gasteiger partial charge is 0.119 e. The molecule has 44 heavy (non-hydrogen) atoms. The van der Waals surface area contributed by atoms with Crippen molar-refractivity contribution in [2.75, 3.05) is 39.5 Å². The molecule has 234 valence electrons. The standard InChI is InChI=1S/C37H45NO6/c1-27(31-10-11-32-20-29(8-9-33(32)21-31)25-42-26-34(40)23-39)44-37-22-38-17-16-36(37)30-12-14-35(15-13-30)43-19-5-18-41-24-28-6-3-2-4-7-28/h2-4,6-15,20-21,27,34,36-40H,5,16-19,22-26H2,1H3/t27?,34-,36+,37-/m0/s1. The predicted octanol–water partition coefficient (Wildman–Crippen LogP) is 5.92. The van der Waals surface area contributed by atoms with E-state index in [0.717, 1.165) is 53.6 Å². The Bertz CT molecular complexity index is 1410. The van der Waals surface area contributed by atoms with E-state index in [4.69, 9.17) is 24.1 Å². The Morgan fingerprint density at radius 3 is 2.43 bits per heavy atom. The van der Waals surface area contributed by atoms with Crippen LogP contribution in [0, 0.1) is 0 Å². The fourth-order valence-corrected chi connectivity index (χ4v) is 5.64. The van der Waals surface area contributed by atoms with Crippen molar-refractivity contribution in [2.24, 2.45) is 0 Å². The van der Waals surface area contributed by atoms with Gasteiger partial charge in [0, 0.05) is 18.9 Å². The lowest BCUT2D eigenvalue weighted by Crippen LogP contribution is -2.41. The molecule has 0 spiro atoms. The molecule has 3 N–H and O–H groups in total. The number of aliphatic hydroxyl groups is 2. The van der Waals surface area contributed by atoms with Crippen molar-refractivity contribution in [1.82, 2.24) is 5.32 Å². The predicted molar refractivity (Wildman–Crippen MR) is 173 cm³/mol. The van der Waals surface area contributed by atoms with Crippen LogP contribution < -0.4 is 10.1 Å². The maximum atomic E-state index is 9.48. The highest BCUT2D eigenvalue weighted by Gasteiger charge is 2.29. The molecular formula is C37H45NO6. The Labute approximate surface area is 260 Å². The van der Waals surface area contributed by atoms with Crippen LogP contribution >= 0.6 is 0 Å². The van der Waals surface area contributed by atoms with Crippen LogP contribution in [-0.2, 0) is 27.4 Å². The molecule has 4 aromatic carbocycles. The van der Waals surface area contributed by atoms with E-state index in [-0.39, 0.29) is 25.4 Å². The van der Waals surface area contributed by atoms with Gasteiger partial charge in [0.1, 0.15) is 11.9 Å². The van der Waals surface area contributed by atoms with Crippen molar-refractivity contribution >= 4 is 10.8 Å². The van der Waals surface area contributed by atoms with E-state index in [2.05, 4.69) is 79.0 Å². The summed E-state index contributed by atoms with van der Waals surface area (Å²) in [5.74, 6) is 1.19. The highest BCUT2D eigenvalue weighted by Crippen LogP contribution is 2.33. The van der Waals surface area contributed by atoms with Gasteiger partial charge in [-0.25, -0.2) is 0 Å². The van der Waals surface area contributed by atoms with E-state index in [1.54, 1.807) is 0 Å². The zero-order valence-electron chi connectivity index (χ0n) is 25.6. The fourth-order valence-electron chi connectivity index (χ4n) is 5.64. The van der Waals surface area contributed by atoms with Gasteiger partial charge in [0.2, 0.25) is 0 Å². The number of aliphatic hydroxyl groups excluding tert-OH is 2. The van der Waals surface area contributed by atoms with Gasteiger partial charge >= 0.3 is 0 Å². The highest BCUT2D eigenvalue weighted by atomic mass is 16.5. The largest absolute Gasteiger partial charge is 0.494 e. The molecule has 4 aromatic rings. The molecule has 1 fully saturated rings. The van der Waals surface area contributed by atoms with E-state index >= 15 is 0 Å². The summed E-state index contributed by atoms with van der Waals surface area (Å²) in [7, 11) is 0. The number of fused-ring (bicyclic) bond motifs is 1. The van der Waals surface area contributed by atoms with Crippen LogP contribution in [0.4, 0.5) is 0 Å². The second-order valence-electron chi connectivity index (χ2n) is 11.5.